The highest BCUT2D eigenvalue weighted by Crippen LogP contribution is 2.58. The lowest BCUT2D eigenvalue weighted by molar-refractivity contribution is 0.584. The van der Waals surface area contributed by atoms with Crippen molar-refractivity contribution in [1.29, 1.82) is 0 Å². The van der Waals surface area contributed by atoms with Gasteiger partial charge in [0.1, 0.15) is 0 Å². The molecular weight excluding hydrogens is 627 g/mol. The molecule has 0 heterocycles. The van der Waals surface area contributed by atoms with Gasteiger partial charge in [-0.2, -0.15) is 0 Å². The first-order valence-corrected chi connectivity index (χ1v) is 18.7. The molecule has 0 aliphatic heterocycles. The summed E-state index contributed by atoms with van der Waals surface area (Å²) >= 11 is 0. The lowest BCUT2D eigenvalue weighted by atomic mass is 9.66. The summed E-state index contributed by atoms with van der Waals surface area (Å²) in [6.07, 6.45) is 11.8. The zero-order valence-corrected chi connectivity index (χ0v) is 29.9. The van der Waals surface area contributed by atoms with Crippen LogP contribution < -0.4 is 4.90 Å². The predicted octanol–water partition coefficient (Wildman–Crippen LogP) is 12.6. The molecule has 3 aliphatic carbocycles. The first-order chi connectivity index (χ1) is 25.6. The summed E-state index contributed by atoms with van der Waals surface area (Å²) in [6, 6.07) is 60.3. The SMILES string of the molecule is Cc1cc(-c2ccccc2)ccc1N(C1=CC2=C(CC1)c1ccccc1C2(c1ccccc1)c1ccccc1)C1C=CC(c2ccccc2)=CC1C. The Morgan fingerprint density at radius 3 is 1.83 bits per heavy atom. The van der Waals surface area contributed by atoms with Crippen LogP contribution in [0.25, 0.3) is 22.3 Å². The van der Waals surface area contributed by atoms with E-state index in [2.05, 4.69) is 207 Å². The summed E-state index contributed by atoms with van der Waals surface area (Å²) in [7, 11) is 0. The van der Waals surface area contributed by atoms with Crippen molar-refractivity contribution in [3.63, 3.8) is 0 Å². The van der Waals surface area contributed by atoms with Gasteiger partial charge in [-0.3, -0.25) is 0 Å². The largest absolute Gasteiger partial charge is 0.337 e. The van der Waals surface area contributed by atoms with E-state index in [0.29, 0.717) is 5.92 Å². The highest BCUT2D eigenvalue weighted by molar-refractivity contribution is 5.89. The molecule has 1 nitrogen and oxygen atoms in total. The van der Waals surface area contributed by atoms with Crippen LogP contribution in [0.1, 0.15) is 53.1 Å². The van der Waals surface area contributed by atoms with Gasteiger partial charge in [-0.1, -0.05) is 177 Å². The molecule has 0 amide bonds. The van der Waals surface area contributed by atoms with Crippen LogP contribution in [0.5, 0.6) is 0 Å². The Balaban J connectivity index is 1.23. The number of nitrogens with zero attached hydrogens (tertiary/aromatic N) is 1. The minimum atomic E-state index is -0.410. The van der Waals surface area contributed by atoms with E-state index in [-0.39, 0.29) is 6.04 Å². The summed E-state index contributed by atoms with van der Waals surface area (Å²) in [6.45, 7) is 4.67. The molecule has 0 saturated carbocycles. The zero-order chi connectivity index (χ0) is 35.1. The number of hydrogen-bond donors (Lipinski definition) is 0. The maximum Gasteiger partial charge on any atom is 0.0710 e. The lowest BCUT2D eigenvalue weighted by Gasteiger charge is -2.42. The maximum atomic E-state index is 2.68. The van der Waals surface area contributed by atoms with E-state index in [4.69, 9.17) is 0 Å². The first kappa shape index (κ1) is 32.0. The van der Waals surface area contributed by atoms with E-state index in [0.717, 1.165) is 12.8 Å². The maximum absolute atomic E-state index is 2.68. The van der Waals surface area contributed by atoms with Crippen molar-refractivity contribution in [3.05, 3.63) is 233 Å². The second-order valence-electron chi connectivity index (χ2n) is 14.5. The van der Waals surface area contributed by atoms with Crippen LogP contribution in [0.4, 0.5) is 5.69 Å². The average Bonchev–Trinajstić information content (AvgIpc) is 3.51. The smallest absolute Gasteiger partial charge is 0.0710 e. The quantitative estimate of drug-likeness (QED) is 0.164. The van der Waals surface area contributed by atoms with Gasteiger partial charge in [0.2, 0.25) is 0 Å². The van der Waals surface area contributed by atoms with Crippen molar-refractivity contribution in [2.45, 2.75) is 38.1 Å². The van der Waals surface area contributed by atoms with Gasteiger partial charge < -0.3 is 4.90 Å². The van der Waals surface area contributed by atoms with E-state index in [9.17, 15) is 0 Å². The molecule has 0 spiro atoms. The van der Waals surface area contributed by atoms with E-state index >= 15 is 0 Å². The molecule has 0 saturated heterocycles. The normalized spacial score (nSPS) is 18.7. The van der Waals surface area contributed by atoms with Crippen LogP contribution in [0, 0.1) is 12.8 Å². The Morgan fingerprint density at radius 1 is 0.596 bits per heavy atom. The third kappa shape index (κ3) is 5.31. The molecule has 3 aliphatic rings. The third-order valence-electron chi connectivity index (χ3n) is 11.5. The van der Waals surface area contributed by atoms with Crippen LogP contribution in [0.15, 0.2) is 199 Å². The molecule has 0 radical (unpaired) electrons. The molecule has 0 bridgehead atoms. The summed E-state index contributed by atoms with van der Waals surface area (Å²) in [4.78, 5) is 2.68. The van der Waals surface area contributed by atoms with Crippen molar-refractivity contribution in [2.24, 2.45) is 5.92 Å². The van der Waals surface area contributed by atoms with Crippen LogP contribution >= 0.6 is 0 Å². The number of aryl methyl sites for hydroxylation is 1. The Hall–Kier alpha value is -5.92. The molecule has 252 valence electrons. The Morgan fingerprint density at radius 2 is 1.19 bits per heavy atom. The number of hydrogen-bond acceptors (Lipinski definition) is 1. The van der Waals surface area contributed by atoms with Gasteiger partial charge in [-0.05, 0) is 105 Å². The van der Waals surface area contributed by atoms with Gasteiger partial charge in [0, 0.05) is 11.4 Å². The predicted molar refractivity (Wildman–Crippen MR) is 219 cm³/mol. The van der Waals surface area contributed by atoms with Gasteiger partial charge >= 0.3 is 0 Å². The zero-order valence-electron chi connectivity index (χ0n) is 29.9. The second-order valence-corrected chi connectivity index (χ2v) is 14.5. The van der Waals surface area contributed by atoms with Gasteiger partial charge in [0.15, 0.2) is 0 Å². The number of benzene rings is 6. The summed E-state index contributed by atoms with van der Waals surface area (Å²) in [5.74, 6) is 0.290. The first-order valence-electron chi connectivity index (χ1n) is 18.7. The molecule has 6 aromatic rings. The van der Waals surface area contributed by atoms with E-state index < -0.39 is 5.41 Å². The molecular formula is C51H43N. The van der Waals surface area contributed by atoms with Crippen molar-refractivity contribution < 1.29 is 0 Å². The van der Waals surface area contributed by atoms with Crippen molar-refractivity contribution in [1.82, 2.24) is 0 Å². The van der Waals surface area contributed by atoms with Gasteiger partial charge in [0.25, 0.3) is 0 Å². The number of allylic oxidation sites excluding steroid dienone is 6. The number of rotatable bonds is 7. The van der Waals surface area contributed by atoms with Gasteiger partial charge in [-0.25, -0.2) is 0 Å². The van der Waals surface area contributed by atoms with E-state index in [1.807, 2.05) is 0 Å². The Labute approximate surface area is 308 Å². The third-order valence-corrected chi connectivity index (χ3v) is 11.5. The molecule has 0 aromatic heterocycles. The fraction of sp³-hybridized carbons (Fsp3) is 0.137. The molecule has 1 heteroatoms. The van der Waals surface area contributed by atoms with Crippen LogP contribution in [-0.2, 0) is 5.41 Å². The summed E-state index contributed by atoms with van der Waals surface area (Å²) in [5.41, 5.74) is 16.8. The second kappa shape index (κ2) is 13.3. The standard InChI is InChI=1S/C51H43N/c1-36-33-40(38-17-7-3-8-18-38)27-31-49(36)52(50-32-28-41(34-37(50)2)39-19-9-4-10-20-39)44-29-30-46-45-25-15-16-26-47(45)51(48(46)35-44,42-21-11-5-12-22-42)43-23-13-6-14-24-43/h3-28,31-36,49H,29-30H2,1-2H3. The Kier molecular flexibility index (Phi) is 8.20. The van der Waals surface area contributed by atoms with Crippen molar-refractivity contribution in [2.75, 3.05) is 4.90 Å². The summed E-state index contributed by atoms with van der Waals surface area (Å²) in [5, 5.41) is 0. The molecule has 0 fully saturated rings. The minimum Gasteiger partial charge on any atom is -0.337 e. The lowest BCUT2D eigenvalue weighted by Crippen LogP contribution is -2.40. The van der Waals surface area contributed by atoms with Gasteiger partial charge in [-0.15, -0.1) is 0 Å². The topological polar surface area (TPSA) is 3.24 Å². The molecule has 2 unspecified atom stereocenters. The molecule has 6 aromatic carbocycles. The van der Waals surface area contributed by atoms with Crippen molar-refractivity contribution in [3.8, 4) is 11.1 Å². The van der Waals surface area contributed by atoms with Crippen LogP contribution in [-0.4, -0.2) is 6.04 Å². The number of anilines is 1. The molecule has 52 heavy (non-hydrogen) atoms. The molecule has 9 rings (SSSR count). The Bertz CT molecular complexity index is 2320. The summed E-state index contributed by atoms with van der Waals surface area (Å²) < 4.78 is 0. The van der Waals surface area contributed by atoms with Crippen molar-refractivity contribution >= 4 is 16.8 Å². The fourth-order valence-electron chi connectivity index (χ4n) is 9.10. The minimum absolute atomic E-state index is 0.161. The monoisotopic (exact) mass is 669 g/mol. The fourth-order valence-corrected chi connectivity index (χ4v) is 9.10. The van der Waals surface area contributed by atoms with E-state index in [1.54, 1.807) is 0 Å². The highest BCUT2D eigenvalue weighted by Gasteiger charge is 2.48. The van der Waals surface area contributed by atoms with Gasteiger partial charge in [0.05, 0.1) is 11.5 Å². The highest BCUT2D eigenvalue weighted by atomic mass is 15.2. The van der Waals surface area contributed by atoms with Crippen LogP contribution in [0.3, 0.4) is 0 Å². The van der Waals surface area contributed by atoms with E-state index in [1.165, 1.54) is 72.6 Å². The molecule has 0 N–H and O–H groups in total. The average molecular weight is 670 g/mol. The molecule has 2 atom stereocenters. The van der Waals surface area contributed by atoms with Crippen LogP contribution in [0.2, 0.25) is 0 Å². The number of fused-ring (bicyclic) bond motifs is 2.